The molecule has 0 spiro atoms. The van der Waals surface area contributed by atoms with E-state index in [0.717, 1.165) is 17.7 Å². The van der Waals surface area contributed by atoms with Crippen LogP contribution in [0.2, 0.25) is 5.02 Å². The Hall–Kier alpha value is -2.62. The number of hydrogen-bond donors (Lipinski definition) is 0. The van der Waals surface area contributed by atoms with Crippen LogP contribution in [0.15, 0.2) is 48.5 Å². The van der Waals surface area contributed by atoms with Crippen molar-refractivity contribution >= 4 is 23.4 Å². The molecule has 6 nitrogen and oxygen atoms in total. The Bertz CT molecular complexity index is 1080. The number of halogens is 4. The van der Waals surface area contributed by atoms with Crippen molar-refractivity contribution in [3.8, 4) is 0 Å². The molecule has 10 heteroatoms. The van der Waals surface area contributed by atoms with E-state index < -0.39 is 11.7 Å². The van der Waals surface area contributed by atoms with Crippen LogP contribution in [-0.2, 0) is 27.1 Å². The van der Waals surface area contributed by atoms with Crippen molar-refractivity contribution in [3.05, 3.63) is 70.2 Å². The number of piperidine rings is 1. The van der Waals surface area contributed by atoms with Crippen LogP contribution < -0.4 is 0 Å². The van der Waals surface area contributed by atoms with Crippen LogP contribution in [0.4, 0.5) is 13.2 Å². The highest BCUT2D eigenvalue weighted by molar-refractivity contribution is 6.30. The quantitative estimate of drug-likeness (QED) is 0.485. The zero-order chi connectivity index (χ0) is 27.3. The maximum absolute atomic E-state index is 13.1. The Morgan fingerprint density at radius 1 is 0.921 bits per heavy atom. The lowest BCUT2D eigenvalue weighted by Crippen LogP contribution is -2.52. The number of amides is 2. The summed E-state index contributed by atoms with van der Waals surface area (Å²) in [6.07, 6.45) is -3.28. The molecular weight excluding hydrogens is 519 g/mol. The maximum atomic E-state index is 13.1. The SMILES string of the molecule is CC(=O)N1CCC(C(=O)N2CCN(C[C@@H](OCc3ccc(C(F)(F)F)cc3)c3ccc(Cl)cc3)CC2)CC1. The van der Waals surface area contributed by atoms with Gasteiger partial charge in [0, 0.05) is 63.7 Å². The van der Waals surface area contributed by atoms with Crippen LogP contribution in [0, 0.1) is 5.92 Å². The fourth-order valence-electron chi connectivity index (χ4n) is 5.00. The number of piperazine rings is 1. The molecule has 0 saturated carbocycles. The van der Waals surface area contributed by atoms with E-state index in [2.05, 4.69) is 4.90 Å². The molecule has 2 aromatic carbocycles. The van der Waals surface area contributed by atoms with E-state index in [1.165, 1.54) is 12.1 Å². The normalized spacial score (nSPS) is 18.4. The number of carbonyl (C=O) groups is 2. The second kappa shape index (κ2) is 12.5. The molecule has 0 N–H and O–H groups in total. The molecule has 2 aromatic rings. The van der Waals surface area contributed by atoms with Gasteiger partial charge in [0.2, 0.25) is 11.8 Å². The Kier molecular flexibility index (Phi) is 9.33. The van der Waals surface area contributed by atoms with Gasteiger partial charge in [0.25, 0.3) is 0 Å². The predicted molar refractivity (Wildman–Crippen MR) is 138 cm³/mol. The first-order valence-electron chi connectivity index (χ1n) is 12.9. The fraction of sp³-hybridized carbons (Fsp3) is 0.500. The van der Waals surface area contributed by atoms with Crippen molar-refractivity contribution in [2.24, 2.45) is 5.92 Å². The van der Waals surface area contributed by atoms with Crippen LogP contribution in [0.1, 0.15) is 42.6 Å². The molecule has 0 aliphatic carbocycles. The number of alkyl halides is 3. The minimum atomic E-state index is -4.37. The molecule has 2 aliphatic heterocycles. The summed E-state index contributed by atoms with van der Waals surface area (Å²) in [6, 6.07) is 12.4. The zero-order valence-electron chi connectivity index (χ0n) is 21.4. The summed E-state index contributed by atoms with van der Waals surface area (Å²) in [5.74, 6) is 0.187. The van der Waals surface area contributed by atoms with E-state index in [0.29, 0.717) is 69.2 Å². The first kappa shape index (κ1) is 28.4. The maximum Gasteiger partial charge on any atom is 0.416 e. The van der Waals surface area contributed by atoms with E-state index in [4.69, 9.17) is 16.3 Å². The molecule has 0 aromatic heterocycles. The zero-order valence-corrected chi connectivity index (χ0v) is 22.2. The van der Waals surface area contributed by atoms with Gasteiger partial charge < -0.3 is 14.5 Å². The summed E-state index contributed by atoms with van der Waals surface area (Å²) in [5.41, 5.74) is 0.896. The van der Waals surface area contributed by atoms with Crippen molar-refractivity contribution in [2.75, 3.05) is 45.8 Å². The van der Waals surface area contributed by atoms with Gasteiger partial charge in [0.05, 0.1) is 18.3 Å². The summed E-state index contributed by atoms with van der Waals surface area (Å²) in [7, 11) is 0. The standard InChI is InChI=1S/C28H33ClF3N3O3/c1-20(36)34-12-10-23(11-13-34)27(37)35-16-14-33(15-17-35)18-26(22-4-8-25(29)9-5-22)38-19-21-2-6-24(7-3-21)28(30,31)32/h2-9,23,26H,10-19H2,1H3/t26-/m1/s1. The van der Waals surface area contributed by atoms with Crippen LogP contribution in [0.5, 0.6) is 0 Å². The van der Waals surface area contributed by atoms with E-state index in [1.54, 1.807) is 24.0 Å². The van der Waals surface area contributed by atoms with Gasteiger partial charge in [-0.3, -0.25) is 14.5 Å². The van der Waals surface area contributed by atoms with Crippen molar-refractivity contribution in [1.82, 2.24) is 14.7 Å². The third-order valence-electron chi connectivity index (χ3n) is 7.37. The number of likely N-dealkylation sites (tertiary alicyclic amines) is 1. The highest BCUT2D eigenvalue weighted by Crippen LogP contribution is 2.30. The van der Waals surface area contributed by atoms with Crippen molar-refractivity contribution < 1.29 is 27.5 Å². The average Bonchev–Trinajstić information content (AvgIpc) is 2.91. The Morgan fingerprint density at radius 3 is 2.08 bits per heavy atom. The van der Waals surface area contributed by atoms with Gasteiger partial charge in [-0.1, -0.05) is 35.9 Å². The van der Waals surface area contributed by atoms with Crippen LogP contribution in [0.25, 0.3) is 0 Å². The predicted octanol–water partition coefficient (Wildman–Crippen LogP) is 5.02. The van der Waals surface area contributed by atoms with E-state index in [-0.39, 0.29) is 30.4 Å². The third kappa shape index (κ3) is 7.48. The van der Waals surface area contributed by atoms with Gasteiger partial charge in [0.1, 0.15) is 0 Å². The molecule has 0 unspecified atom stereocenters. The molecule has 2 fully saturated rings. The number of nitrogens with zero attached hydrogens (tertiary/aromatic N) is 3. The number of benzene rings is 2. The van der Waals surface area contributed by atoms with Crippen LogP contribution in [-0.4, -0.2) is 72.3 Å². The second-order valence-corrected chi connectivity index (χ2v) is 10.4. The lowest BCUT2D eigenvalue weighted by Gasteiger charge is -2.39. The highest BCUT2D eigenvalue weighted by Gasteiger charge is 2.32. The lowest BCUT2D eigenvalue weighted by atomic mass is 9.95. The van der Waals surface area contributed by atoms with Gasteiger partial charge in [-0.2, -0.15) is 13.2 Å². The molecular formula is C28H33ClF3N3O3. The summed E-state index contributed by atoms with van der Waals surface area (Å²) in [6.45, 7) is 6.22. The molecule has 4 rings (SSSR count). The topological polar surface area (TPSA) is 53.1 Å². The van der Waals surface area contributed by atoms with Gasteiger partial charge >= 0.3 is 6.18 Å². The minimum Gasteiger partial charge on any atom is -0.368 e. The molecule has 206 valence electrons. The molecule has 2 saturated heterocycles. The number of ether oxygens (including phenoxy) is 1. The largest absolute Gasteiger partial charge is 0.416 e. The molecule has 0 bridgehead atoms. The summed E-state index contributed by atoms with van der Waals surface area (Å²) >= 11 is 6.07. The summed E-state index contributed by atoms with van der Waals surface area (Å²) < 4.78 is 44.9. The van der Waals surface area contributed by atoms with Gasteiger partial charge in [0.15, 0.2) is 0 Å². The van der Waals surface area contributed by atoms with Gasteiger partial charge in [-0.05, 0) is 48.2 Å². The minimum absolute atomic E-state index is 0.0361. The van der Waals surface area contributed by atoms with E-state index in [9.17, 15) is 22.8 Å². The summed E-state index contributed by atoms with van der Waals surface area (Å²) in [5, 5.41) is 0.608. The van der Waals surface area contributed by atoms with Crippen molar-refractivity contribution in [2.45, 2.75) is 38.7 Å². The summed E-state index contributed by atoms with van der Waals surface area (Å²) in [4.78, 5) is 30.6. The smallest absolute Gasteiger partial charge is 0.368 e. The highest BCUT2D eigenvalue weighted by atomic mass is 35.5. The molecule has 1 atom stereocenters. The van der Waals surface area contributed by atoms with Gasteiger partial charge in [-0.15, -0.1) is 0 Å². The molecule has 2 amide bonds. The Morgan fingerprint density at radius 2 is 1.53 bits per heavy atom. The Balaban J connectivity index is 1.33. The first-order valence-corrected chi connectivity index (χ1v) is 13.3. The Labute approximate surface area is 226 Å². The number of carbonyl (C=O) groups excluding carboxylic acids is 2. The lowest BCUT2D eigenvalue weighted by molar-refractivity contribution is -0.141. The van der Waals surface area contributed by atoms with Crippen molar-refractivity contribution in [1.29, 1.82) is 0 Å². The molecule has 0 radical (unpaired) electrons. The van der Waals surface area contributed by atoms with Gasteiger partial charge in [-0.25, -0.2) is 0 Å². The van der Waals surface area contributed by atoms with Crippen LogP contribution >= 0.6 is 11.6 Å². The molecule has 38 heavy (non-hydrogen) atoms. The first-order chi connectivity index (χ1) is 18.1. The second-order valence-electron chi connectivity index (χ2n) is 9.95. The number of rotatable bonds is 7. The van der Waals surface area contributed by atoms with E-state index >= 15 is 0 Å². The number of hydrogen-bond acceptors (Lipinski definition) is 4. The molecule has 2 aliphatic rings. The van der Waals surface area contributed by atoms with Crippen molar-refractivity contribution in [3.63, 3.8) is 0 Å². The van der Waals surface area contributed by atoms with Crippen LogP contribution in [0.3, 0.4) is 0 Å². The fourth-order valence-corrected chi connectivity index (χ4v) is 5.13. The van der Waals surface area contributed by atoms with E-state index in [1.807, 2.05) is 17.0 Å². The monoisotopic (exact) mass is 551 g/mol. The third-order valence-corrected chi connectivity index (χ3v) is 7.62. The average molecular weight is 552 g/mol. The molecule has 2 heterocycles.